The number of aromatic nitrogens is 3. The summed E-state index contributed by atoms with van der Waals surface area (Å²) < 4.78 is 0. The van der Waals surface area contributed by atoms with E-state index in [2.05, 4.69) is 20.3 Å². The largest absolute Gasteiger partial charge is 0.412 e. The van der Waals surface area contributed by atoms with E-state index in [-0.39, 0.29) is 29.8 Å². The van der Waals surface area contributed by atoms with Crippen LogP contribution in [0.1, 0.15) is 12.8 Å². The minimum Gasteiger partial charge on any atom is -0.412 e. The summed E-state index contributed by atoms with van der Waals surface area (Å²) in [6.07, 6.45) is 2.32. The highest BCUT2D eigenvalue weighted by Gasteiger charge is 2.22. The molecule has 80 valence electrons. The van der Waals surface area contributed by atoms with Crippen molar-refractivity contribution in [2.24, 2.45) is 0 Å². The summed E-state index contributed by atoms with van der Waals surface area (Å²) in [5, 5.41) is 3.08. The van der Waals surface area contributed by atoms with Gasteiger partial charge in [-0.2, -0.15) is 15.0 Å². The molecule has 1 aromatic heterocycles. The number of anilines is 3. The second-order valence-electron chi connectivity index (χ2n) is 2.79. The molecule has 1 heterocycles. The van der Waals surface area contributed by atoms with Crippen LogP contribution in [-0.2, 0) is 0 Å². The Morgan fingerprint density at radius 3 is 2.00 bits per heavy atom. The van der Waals surface area contributed by atoms with Crippen LogP contribution in [0.25, 0.3) is 0 Å². The summed E-state index contributed by atoms with van der Waals surface area (Å²) >= 11 is 0. The van der Waals surface area contributed by atoms with Gasteiger partial charge in [0.25, 0.3) is 0 Å². The Balaban J connectivity index is 0.000000845. The zero-order valence-corrected chi connectivity index (χ0v) is 8.21. The first kappa shape index (κ1) is 12.7. The van der Waals surface area contributed by atoms with Gasteiger partial charge in [-0.25, -0.2) is 0 Å². The van der Waals surface area contributed by atoms with Crippen molar-refractivity contribution in [3.8, 4) is 0 Å². The van der Waals surface area contributed by atoms with E-state index in [1.54, 1.807) is 0 Å². The van der Waals surface area contributed by atoms with Crippen LogP contribution >= 0.6 is 12.4 Å². The van der Waals surface area contributed by atoms with Crippen molar-refractivity contribution < 1.29 is 5.48 Å². The summed E-state index contributed by atoms with van der Waals surface area (Å²) in [5.41, 5.74) is 10.7. The minimum absolute atomic E-state index is 0. The number of nitrogen functional groups attached to an aromatic ring is 2. The number of nitrogens with zero attached hydrogens (tertiary/aromatic N) is 3. The fourth-order valence-electron chi connectivity index (χ4n) is 0.884. The third kappa shape index (κ3) is 3.19. The van der Waals surface area contributed by atoms with E-state index in [4.69, 9.17) is 11.5 Å². The number of nitrogens with two attached hydrogens (primary N) is 2. The topological polar surface area (TPSA) is 134 Å². The lowest BCUT2D eigenvalue weighted by molar-refractivity contribution is 0.824. The van der Waals surface area contributed by atoms with Crippen molar-refractivity contribution in [2.45, 2.75) is 18.9 Å². The van der Waals surface area contributed by atoms with E-state index in [1.165, 1.54) is 0 Å². The molecule has 0 spiro atoms. The van der Waals surface area contributed by atoms with Crippen LogP contribution in [0.3, 0.4) is 0 Å². The van der Waals surface area contributed by atoms with Gasteiger partial charge < -0.3 is 22.3 Å². The van der Waals surface area contributed by atoms with Crippen molar-refractivity contribution in [2.75, 3.05) is 16.8 Å². The van der Waals surface area contributed by atoms with Crippen LogP contribution in [0.4, 0.5) is 17.8 Å². The summed E-state index contributed by atoms with van der Waals surface area (Å²) in [6.45, 7) is 0. The number of hydrogen-bond donors (Lipinski definition) is 3. The van der Waals surface area contributed by atoms with E-state index < -0.39 is 0 Å². The van der Waals surface area contributed by atoms with Gasteiger partial charge >= 0.3 is 0 Å². The van der Waals surface area contributed by atoms with Gasteiger partial charge in [0, 0.05) is 6.04 Å². The van der Waals surface area contributed by atoms with E-state index in [1.807, 2.05) is 0 Å². The standard InChI is InChI=1S/C6H10N6.ClH.H2O/c7-4-10-5(8)12-6(11-4)9-3-1-2-3;;/h3H,1-2H2,(H5,7,8,9,10,11,12);1H;1H2. The van der Waals surface area contributed by atoms with Gasteiger partial charge in [0.1, 0.15) is 0 Å². The summed E-state index contributed by atoms with van der Waals surface area (Å²) in [6, 6.07) is 0.492. The normalized spacial score (nSPS) is 13.7. The summed E-state index contributed by atoms with van der Waals surface area (Å²) in [5.74, 6) is 0.791. The highest BCUT2D eigenvalue weighted by molar-refractivity contribution is 5.85. The molecule has 14 heavy (non-hydrogen) atoms. The molecular weight excluding hydrogens is 208 g/mol. The fourth-order valence-corrected chi connectivity index (χ4v) is 0.884. The van der Waals surface area contributed by atoms with Crippen LogP contribution in [0.15, 0.2) is 0 Å². The summed E-state index contributed by atoms with van der Waals surface area (Å²) in [4.78, 5) is 11.4. The number of rotatable bonds is 2. The Morgan fingerprint density at radius 2 is 1.57 bits per heavy atom. The maximum Gasteiger partial charge on any atom is 0.229 e. The van der Waals surface area contributed by atoms with E-state index in [0.29, 0.717) is 12.0 Å². The Morgan fingerprint density at radius 1 is 1.07 bits per heavy atom. The zero-order valence-electron chi connectivity index (χ0n) is 7.40. The van der Waals surface area contributed by atoms with Gasteiger partial charge in [-0.05, 0) is 12.8 Å². The van der Waals surface area contributed by atoms with Crippen molar-refractivity contribution in [3.05, 3.63) is 0 Å². The van der Waals surface area contributed by atoms with Gasteiger partial charge in [-0.1, -0.05) is 0 Å². The summed E-state index contributed by atoms with van der Waals surface area (Å²) in [7, 11) is 0. The molecule has 1 fully saturated rings. The van der Waals surface area contributed by atoms with Gasteiger partial charge in [0.05, 0.1) is 0 Å². The molecule has 0 bridgehead atoms. The molecule has 0 atom stereocenters. The predicted octanol–water partition coefficient (Wildman–Crippen LogP) is -0.793. The zero-order chi connectivity index (χ0) is 8.55. The van der Waals surface area contributed by atoms with Crippen molar-refractivity contribution in [1.82, 2.24) is 15.0 Å². The fraction of sp³-hybridized carbons (Fsp3) is 0.500. The maximum absolute atomic E-state index is 5.37. The molecule has 8 heteroatoms. The lowest BCUT2D eigenvalue weighted by atomic mass is 10.7. The third-order valence-electron chi connectivity index (χ3n) is 1.58. The first-order valence-corrected chi connectivity index (χ1v) is 3.77. The maximum atomic E-state index is 5.37. The average molecular weight is 221 g/mol. The van der Waals surface area contributed by atoms with Gasteiger partial charge in [0.15, 0.2) is 0 Å². The van der Waals surface area contributed by atoms with Crippen molar-refractivity contribution >= 4 is 30.3 Å². The molecule has 1 aliphatic rings. The highest BCUT2D eigenvalue weighted by Crippen LogP contribution is 2.22. The smallest absolute Gasteiger partial charge is 0.229 e. The molecule has 1 aromatic rings. The quantitative estimate of drug-likeness (QED) is 0.598. The van der Waals surface area contributed by atoms with Gasteiger partial charge in [-0.15, -0.1) is 12.4 Å². The van der Waals surface area contributed by atoms with Crippen molar-refractivity contribution in [1.29, 1.82) is 0 Å². The van der Waals surface area contributed by atoms with E-state index in [9.17, 15) is 0 Å². The first-order valence-electron chi connectivity index (χ1n) is 3.77. The van der Waals surface area contributed by atoms with Crippen LogP contribution in [-0.4, -0.2) is 26.5 Å². The minimum atomic E-state index is 0. The Hall–Kier alpha value is -1.34. The molecule has 0 aromatic carbocycles. The Labute approximate surface area is 87.0 Å². The number of halogens is 1. The molecule has 1 aliphatic carbocycles. The molecule has 7 N–H and O–H groups in total. The van der Waals surface area contributed by atoms with Crippen molar-refractivity contribution in [3.63, 3.8) is 0 Å². The lowest BCUT2D eigenvalue weighted by Crippen LogP contribution is -2.10. The molecule has 0 amide bonds. The molecule has 0 saturated heterocycles. The number of hydrogen-bond acceptors (Lipinski definition) is 6. The predicted molar refractivity (Wildman–Crippen MR) is 56.2 cm³/mol. The van der Waals surface area contributed by atoms with Gasteiger partial charge in [0.2, 0.25) is 17.8 Å². The van der Waals surface area contributed by atoms with Crippen LogP contribution in [0.5, 0.6) is 0 Å². The van der Waals surface area contributed by atoms with Crippen LogP contribution < -0.4 is 16.8 Å². The molecule has 1 saturated carbocycles. The molecule has 0 radical (unpaired) electrons. The first-order chi connectivity index (χ1) is 5.74. The van der Waals surface area contributed by atoms with E-state index in [0.717, 1.165) is 12.8 Å². The molecule has 7 nitrogen and oxygen atoms in total. The molecular formula is C6H13ClN6O. The SMILES string of the molecule is Cl.Nc1nc(N)nc(NC2CC2)n1.O. The second-order valence-corrected chi connectivity index (χ2v) is 2.79. The molecule has 2 rings (SSSR count). The highest BCUT2D eigenvalue weighted by atomic mass is 35.5. The molecule has 0 unspecified atom stereocenters. The lowest BCUT2D eigenvalue weighted by Gasteiger charge is -2.02. The van der Waals surface area contributed by atoms with Crippen LogP contribution in [0, 0.1) is 0 Å². The third-order valence-corrected chi connectivity index (χ3v) is 1.58. The average Bonchev–Trinajstić information content (AvgIpc) is 2.68. The van der Waals surface area contributed by atoms with Gasteiger partial charge in [-0.3, -0.25) is 0 Å². The van der Waals surface area contributed by atoms with Crippen LogP contribution in [0.2, 0.25) is 0 Å². The Kier molecular flexibility index (Phi) is 4.32. The molecule has 0 aliphatic heterocycles. The Bertz CT molecular complexity index is 284. The number of nitrogens with one attached hydrogen (secondary N) is 1. The monoisotopic (exact) mass is 220 g/mol. The second kappa shape index (κ2) is 4.77. The van der Waals surface area contributed by atoms with E-state index >= 15 is 0 Å².